The van der Waals surface area contributed by atoms with Crippen LogP contribution < -0.4 is 10.2 Å². The van der Waals surface area contributed by atoms with Crippen LogP contribution in [0.2, 0.25) is 0 Å². The minimum Gasteiger partial charge on any atom is -0.340 e. The summed E-state index contributed by atoms with van der Waals surface area (Å²) in [6.07, 6.45) is 9.05. The fourth-order valence-electron chi connectivity index (χ4n) is 3.14. The van der Waals surface area contributed by atoms with Crippen molar-refractivity contribution in [2.45, 2.75) is 25.7 Å². The second-order valence-electron chi connectivity index (χ2n) is 6.28. The zero-order valence-electron chi connectivity index (χ0n) is 14.6. The first-order chi connectivity index (χ1) is 12.8. The van der Waals surface area contributed by atoms with Crippen LogP contribution in [0.15, 0.2) is 43.0 Å². The summed E-state index contributed by atoms with van der Waals surface area (Å²) in [7, 11) is 0. The first-order valence-corrected chi connectivity index (χ1v) is 8.69. The normalized spacial score (nSPS) is 17.1. The number of aryl methyl sites for hydroxylation is 1. The fourth-order valence-corrected chi connectivity index (χ4v) is 3.14. The zero-order valence-corrected chi connectivity index (χ0v) is 14.6. The van der Waals surface area contributed by atoms with Gasteiger partial charge in [-0.1, -0.05) is 0 Å². The molecule has 1 N–H and O–H groups in total. The first-order valence-electron chi connectivity index (χ1n) is 8.69. The Morgan fingerprint density at radius 1 is 1.00 bits per heavy atom. The van der Waals surface area contributed by atoms with Crippen molar-refractivity contribution in [3.8, 4) is 0 Å². The number of piperidine rings is 1. The quantitative estimate of drug-likeness (QED) is 0.769. The number of anilines is 3. The molecule has 0 radical (unpaired) electrons. The van der Waals surface area contributed by atoms with Crippen LogP contribution in [0.3, 0.4) is 0 Å². The van der Waals surface area contributed by atoms with E-state index in [9.17, 15) is 0 Å². The summed E-state index contributed by atoms with van der Waals surface area (Å²) >= 11 is 0. The lowest BCUT2D eigenvalue weighted by Gasteiger charge is -2.32. The van der Waals surface area contributed by atoms with E-state index in [4.69, 9.17) is 4.98 Å². The molecule has 0 spiro atoms. The van der Waals surface area contributed by atoms with Crippen molar-refractivity contribution < 1.29 is 0 Å². The molecule has 3 aromatic heterocycles. The van der Waals surface area contributed by atoms with E-state index < -0.39 is 0 Å². The van der Waals surface area contributed by atoms with Gasteiger partial charge in [-0.25, -0.2) is 29.9 Å². The monoisotopic (exact) mass is 348 g/mol. The molecule has 132 valence electrons. The van der Waals surface area contributed by atoms with Gasteiger partial charge in [-0.2, -0.15) is 0 Å². The van der Waals surface area contributed by atoms with Crippen LogP contribution in [0.5, 0.6) is 0 Å². The third kappa shape index (κ3) is 3.74. The van der Waals surface area contributed by atoms with E-state index in [2.05, 4.69) is 35.1 Å². The Hall–Kier alpha value is -3.16. The van der Waals surface area contributed by atoms with E-state index in [-0.39, 0.29) is 5.92 Å². The van der Waals surface area contributed by atoms with Crippen LogP contribution >= 0.6 is 0 Å². The smallest absolute Gasteiger partial charge is 0.228 e. The lowest BCUT2D eigenvalue weighted by Crippen LogP contribution is -2.36. The van der Waals surface area contributed by atoms with Crippen LogP contribution in [0.4, 0.5) is 17.7 Å². The van der Waals surface area contributed by atoms with E-state index in [0.29, 0.717) is 11.8 Å². The summed E-state index contributed by atoms with van der Waals surface area (Å²) in [5.74, 6) is 3.08. The van der Waals surface area contributed by atoms with Crippen molar-refractivity contribution in [2.24, 2.45) is 0 Å². The van der Waals surface area contributed by atoms with Gasteiger partial charge in [0.05, 0.1) is 0 Å². The molecule has 26 heavy (non-hydrogen) atoms. The molecule has 0 saturated carbocycles. The van der Waals surface area contributed by atoms with Crippen molar-refractivity contribution in [2.75, 3.05) is 23.3 Å². The highest BCUT2D eigenvalue weighted by molar-refractivity contribution is 5.47. The summed E-state index contributed by atoms with van der Waals surface area (Å²) in [5.41, 5.74) is 0.918. The molecule has 1 aliphatic heterocycles. The molecule has 0 unspecified atom stereocenters. The number of rotatable bonds is 4. The average molecular weight is 348 g/mol. The van der Waals surface area contributed by atoms with E-state index in [1.165, 1.54) is 0 Å². The van der Waals surface area contributed by atoms with E-state index in [0.717, 1.165) is 43.4 Å². The SMILES string of the molecule is Cc1cc(Nc2ncccn2)nc([C@H]2CCCN(c3ncccn3)C2)n1. The van der Waals surface area contributed by atoms with Crippen LogP contribution in [0.1, 0.15) is 30.3 Å². The first kappa shape index (κ1) is 16.3. The number of hydrogen-bond donors (Lipinski definition) is 1. The fraction of sp³-hybridized carbons (Fsp3) is 0.333. The van der Waals surface area contributed by atoms with Crippen LogP contribution in [-0.4, -0.2) is 43.0 Å². The topological polar surface area (TPSA) is 92.6 Å². The van der Waals surface area contributed by atoms with Gasteiger partial charge in [-0.15, -0.1) is 0 Å². The Morgan fingerprint density at radius 2 is 1.73 bits per heavy atom. The standard InChI is InChI=1S/C18H20N8/c1-13-11-15(25-17-19-6-3-7-20-17)24-16(23-13)14-5-2-10-26(12-14)18-21-8-4-9-22-18/h3-4,6-9,11,14H,2,5,10,12H2,1H3,(H,19,20,23,24,25)/t14-/m0/s1. The highest BCUT2D eigenvalue weighted by atomic mass is 15.3. The predicted molar refractivity (Wildman–Crippen MR) is 98.3 cm³/mol. The molecule has 4 heterocycles. The molecule has 0 amide bonds. The Bertz CT molecular complexity index is 856. The maximum atomic E-state index is 4.71. The molecule has 1 fully saturated rings. The van der Waals surface area contributed by atoms with Gasteiger partial charge >= 0.3 is 0 Å². The van der Waals surface area contributed by atoms with Crippen molar-refractivity contribution in [1.82, 2.24) is 29.9 Å². The summed E-state index contributed by atoms with van der Waals surface area (Å²) in [4.78, 5) is 28.7. The largest absolute Gasteiger partial charge is 0.340 e. The van der Waals surface area contributed by atoms with E-state index in [1.807, 2.05) is 19.1 Å². The average Bonchev–Trinajstić information content (AvgIpc) is 2.69. The molecule has 3 aromatic rings. The maximum absolute atomic E-state index is 4.71. The maximum Gasteiger partial charge on any atom is 0.228 e. The predicted octanol–water partition coefficient (Wildman–Crippen LogP) is 2.49. The van der Waals surface area contributed by atoms with Gasteiger partial charge in [0.2, 0.25) is 11.9 Å². The number of aromatic nitrogens is 6. The Labute approximate surface area is 151 Å². The van der Waals surface area contributed by atoms with Gasteiger partial charge in [0.25, 0.3) is 0 Å². The molecule has 1 aliphatic rings. The second kappa shape index (κ2) is 7.38. The third-order valence-electron chi connectivity index (χ3n) is 4.30. The zero-order chi connectivity index (χ0) is 17.8. The molecular weight excluding hydrogens is 328 g/mol. The molecule has 8 heteroatoms. The Balaban J connectivity index is 1.55. The van der Waals surface area contributed by atoms with E-state index in [1.54, 1.807) is 30.9 Å². The molecule has 0 aromatic carbocycles. The minimum atomic E-state index is 0.240. The van der Waals surface area contributed by atoms with Gasteiger partial charge in [-0.05, 0) is 31.9 Å². The number of hydrogen-bond acceptors (Lipinski definition) is 8. The number of nitrogens with one attached hydrogen (secondary N) is 1. The van der Waals surface area contributed by atoms with E-state index >= 15 is 0 Å². The van der Waals surface area contributed by atoms with Crippen molar-refractivity contribution >= 4 is 17.7 Å². The molecule has 1 atom stereocenters. The number of nitrogens with zero attached hydrogens (tertiary/aromatic N) is 7. The summed E-state index contributed by atoms with van der Waals surface area (Å²) in [6.45, 7) is 3.74. The molecule has 1 saturated heterocycles. The lowest BCUT2D eigenvalue weighted by atomic mass is 9.97. The third-order valence-corrected chi connectivity index (χ3v) is 4.30. The van der Waals surface area contributed by atoms with Gasteiger partial charge < -0.3 is 10.2 Å². The van der Waals surface area contributed by atoms with Crippen molar-refractivity contribution in [3.05, 3.63) is 54.5 Å². The Morgan fingerprint density at radius 3 is 2.50 bits per heavy atom. The van der Waals surface area contributed by atoms with Crippen molar-refractivity contribution in [3.63, 3.8) is 0 Å². The molecule has 0 aliphatic carbocycles. The van der Waals surface area contributed by atoms with Crippen LogP contribution in [-0.2, 0) is 0 Å². The molecule has 0 bridgehead atoms. The van der Waals surface area contributed by atoms with Gasteiger partial charge in [0, 0.05) is 55.6 Å². The summed E-state index contributed by atoms with van der Waals surface area (Å²) in [5, 5.41) is 3.16. The summed E-state index contributed by atoms with van der Waals surface area (Å²) in [6, 6.07) is 5.52. The second-order valence-corrected chi connectivity index (χ2v) is 6.28. The lowest BCUT2D eigenvalue weighted by molar-refractivity contribution is 0.485. The minimum absolute atomic E-state index is 0.240. The highest BCUT2D eigenvalue weighted by Crippen LogP contribution is 2.27. The van der Waals surface area contributed by atoms with Gasteiger partial charge in [-0.3, -0.25) is 0 Å². The van der Waals surface area contributed by atoms with Crippen LogP contribution in [0, 0.1) is 6.92 Å². The molecule has 8 nitrogen and oxygen atoms in total. The van der Waals surface area contributed by atoms with Gasteiger partial charge in [0.15, 0.2) is 0 Å². The highest BCUT2D eigenvalue weighted by Gasteiger charge is 2.25. The van der Waals surface area contributed by atoms with Gasteiger partial charge in [0.1, 0.15) is 11.6 Å². The summed E-state index contributed by atoms with van der Waals surface area (Å²) < 4.78 is 0. The van der Waals surface area contributed by atoms with Crippen LogP contribution in [0.25, 0.3) is 0 Å². The van der Waals surface area contributed by atoms with Crippen molar-refractivity contribution in [1.29, 1.82) is 0 Å². The molecule has 4 rings (SSSR count). The Kier molecular flexibility index (Phi) is 4.63. The molecular formula is C18H20N8.